The molecule has 0 unspecified atom stereocenters. The van der Waals surface area contributed by atoms with Gasteiger partial charge in [-0.3, -0.25) is 4.79 Å². The van der Waals surface area contributed by atoms with Crippen LogP contribution >= 0.6 is 0 Å². The molecule has 0 aliphatic rings. The Morgan fingerprint density at radius 1 is 1.00 bits per heavy atom. The summed E-state index contributed by atoms with van der Waals surface area (Å²) in [6.45, 7) is 4.06. The summed E-state index contributed by atoms with van der Waals surface area (Å²) in [5, 5.41) is 4.16. The van der Waals surface area contributed by atoms with Crippen LogP contribution in [-0.2, 0) is 6.42 Å². The summed E-state index contributed by atoms with van der Waals surface area (Å²) in [7, 11) is 0. The van der Waals surface area contributed by atoms with E-state index in [0.717, 1.165) is 24.1 Å². The molecule has 0 radical (unpaired) electrons. The Labute approximate surface area is 125 Å². The highest BCUT2D eigenvalue weighted by atomic mass is 16.2. The fourth-order valence-electron chi connectivity index (χ4n) is 2.05. The number of carbonyl (C=O) groups is 1. The first kappa shape index (κ1) is 15.0. The van der Waals surface area contributed by atoms with Gasteiger partial charge in [0.25, 0.3) is 5.91 Å². The molecule has 2 aromatic carbocycles. The second kappa shape index (κ2) is 7.39. The van der Waals surface area contributed by atoms with E-state index in [1.165, 1.54) is 5.56 Å². The zero-order valence-electron chi connectivity index (χ0n) is 12.5. The number of benzene rings is 2. The lowest BCUT2D eigenvalue weighted by molar-refractivity contribution is 0.0955. The van der Waals surface area contributed by atoms with Gasteiger partial charge in [-0.2, -0.15) is 5.10 Å². The highest BCUT2D eigenvalue weighted by Crippen LogP contribution is 2.07. The normalized spacial score (nSPS) is 11.2. The lowest BCUT2D eigenvalue weighted by Crippen LogP contribution is -2.19. The van der Waals surface area contributed by atoms with Crippen LogP contribution in [0, 0.1) is 0 Å². The van der Waals surface area contributed by atoms with Gasteiger partial charge in [0.2, 0.25) is 0 Å². The zero-order valence-corrected chi connectivity index (χ0v) is 12.5. The summed E-state index contributed by atoms with van der Waals surface area (Å²) in [6, 6.07) is 17.4. The van der Waals surface area contributed by atoms with Crippen LogP contribution in [0.15, 0.2) is 59.7 Å². The molecule has 0 aliphatic carbocycles. The largest absolute Gasteiger partial charge is 0.271 e. The summed E-state index contributed by atoms with van der Waals surface area (Å²) < 4.78 is 0. The second-order valence-corrected chi connectivity index (χ2v) is 4.95. The molecule has 0 heterocycles. The monoisotopic (exact) mass is 280 g/mol. The van der Waals surface area contributed by atoms with E-state index < -0.39 is 0 Å². The van der Waals surface area contributed by atoms with E-state index in [0.29, 0.717) is 5.56 Å². The fraction of sp³-hybridized carbons (Fsp3) is 0.222. The number of nitrogens with zero attached hydrogens (tertiary/aromatic N) is 1. The summed E-state index contributed by atoms with van der Waals surface area (Å²) in [5.74, 6) is -0.197. The highest BCUT2D eigenvalue weighted by molar-refractivity contribution is 6.00. The maximum atomic E-state index is 11.9. The number of aryl methyl sites for hydroxylation is 1. The summed E-state index contributed by atoms with van der Waals surface area (Å²) in [6.07, 6.45) is 2.22. The molecule has 1 N–H and O–H groups in total. The van der Waals surface area contributed by atoms with E-state index in [1.807, 2.05) is 37.3 Å². The standard InChI is InChI=1S/C18H20N2O/c1-3-7-15-10-12-16(13-11-15)14(2)19-20-18(21)17-8-5-4-6-9-17/h4-6,8-13H,3,7H2,1-2H3,(H,20,21)/b19-14+. The molecule has 1 amide bonds. The van der Waals surface area contributed by atoms with Crippen LogP contribution in [0.1, 0.15) is 41.8 Å². The number of hydrogen-bond donors (Lipinski definition) is 1. The molecule has 0 fully saturated rings. The Balaban J connectivity index is 2.02. The predicted molar refractivity (Wildman–Crippen MR) is 86.6 cm³/mol. The van der Waals surface area contributed by atoms with Crippen molar-refractivity contribution in [2.24, 2.45) is 5.10 Å². The third kappa shape index (κ3) is 4.28. The van der Waals surface area contributed by atoms with E-state index in [-0.39, 0.29) is 5.91 Å². The maximum Gasteiger partial charge on any atom is 0.271 e. The number of hydrazone groups is 1. The van der Waals surface area contributed by atoms with Crippen molar-refractivity contribution in [2.45, 2.75) is 26.7 Å². The first-order chi connectivity index (χ1) is 10.2. The number of hydrogen-bond acceptors (Lipinski definition) is 2. The van der Waals surface area contributed by atoms with Crippen LogP contribution in [0.4, 0.5) is 0 Å². The van der Waals surface area contributed by atoms with Crippen LogP contribution in [0.3, 0.4) is 0 Å². The van der Waals surface area contributed by atoms with Crippen molar-refractivity contribution in [2.75, 3.05) is 0 Å². The van der Waals surface area contributed by atoms with Crippen molar-refractivity contribution < 1.29 is 4.79 Å². The molecular weight excluding hydrogens is 260 g/mol. The van der Waals surface area contributed by atoms with Crippen LogP contribution in [0.25, 0.3) is 0 Å². The highest BCUT2D eigenvalue weighted by Gasteiger charge is 2.03. The van der Waals surface area contributed by atoms with Gasteiger partial charge in [-0.05, 0) is 36.6 Å². The van der Waals surface area contributed by atoms with Gasteiger partial charge in [0, 0.05) is 5.56 Å². The number of nitrogens with one attached hydrogen (secondary N) is 1. The Morgan fingerprint density at radius 3 is 2.29 bits per heavy atom. The molecule has 2 aromatic rings. The Kier molecular flexibility index (Phi) is 5.27. The summed E-state index contributed by atoms with van der Waals surface area (Å²) in [4.78, 5) is 11.9. The van der Waals surface area contributed by atoms with Gasteiger partial charge in [0.15, 0.2) is 0 Å². The summed E-state index contributed by atoms with van der Waals surface area (Å²) in [5.41, 5.74) is 6.32. The van der Waals surface area contributed by atoms with Crippen LogP contribution < -0.4 is 5.43 Å². The predicted octanol–water partition coefficient (Wildman–Crippen LogP) is 3.79. The van der Waals surface area contributed by atoms with Crippen LogP contribution in [0.2, 0.25) is 0 Å². The Hall–Kier alpha value is -2.42. The third-order valence-electron chi connectivity index (χ3n) is 3.27. The number of rotatable bonds is 5. The second-order valence-electron chi connectivity index (χ2n) is 4.95. The average molecular weight is 280 g/mol. The molecule has 0 saturated heterocycles. The summed E-state index contributed by atoms with van der Waals surface area (Å²) >= 11 is 0. The minimum absolute atomic E-state index is 0.197. The van der Waals surface area contributed by atoms with Crippen molar-refractivity contribution in [3.05, 3.63) is 71.3 Å². The van der Waals surface area contributed by atoms with Gasteiger partial charge in [-0.15, -0.1) is 0 Å². The van der Waals surface area contributed by atoms with Crippen LogP contribution in [0.5, 0.6) is 0 Å². The smallest absolute Gasteiger partial charge is 0.267 e. The molecule has 0 bridgehead atoms. The average Bonchev–Trinajstić information content (AvgIpc) is 2.54. The van der Waals surface area contributed by atoms with Gasteiger partial charge in [-0.1, -0.05) is 55.8 Å². The molecular formula is C18H20N2O. The van der Waals surface area contributed by atoms with Crippen molar-refractivity contribution in [3.8, 4) is 0 Å². The van der Waals surface area contributed by atoms with Crippen LogP contribution in [-0.4, -0.2) is 11.6 Å². The molecule has 3 nitrogen and oxygen atoms in total. The van der Waals surface area contributed by atoms with E-state index >= 15 is 0 Å². The van der Waals surface area contributed by atoms with E-state index in [4.69, 9.17) is 0 Å². The quantitative estimate of drug-likeness (QED) is 0.657. The fourth-order valence-corrected chi connectivity index (χ4v) is 2.05. The minimum atomic E-state index is -0.197. The van der Waals surface area contributed by atoms with E-state index in [9.17, 15) is 4.79 Å². The molecule has 3 heteroatoms. The van der Waals surface area contributed by atoms with E-state index in [2.05, 4.69) is 29.6 Å². The first-order valence-corrected chi connectivity index (χ1v) is 7.19. The first-order valence-electron chi connectivity index (χ1n) is 7.19. The number of carbonyl (C=O) groups excluding carboxylic acids is 1. The molecule has 0 spiro atoms. The van der Waals surface area contributed by atoms with Gasteiger partial charge in [0.05, 0.1) is 5.71 Å². The number of amides is 1. The lowest BCUT2D eigenvalue weighted by atomic mass is 10.1. The molecule has 108 valence electrons. The van der Waals surface area contributed by atoms with Gasteiger partial charge in [0.1, 0.15) is 0 Å². The SMILES string of the molecule is CCCc1ccc(/C(C)=N/NC(=O)c2ccccc2)cc1. The van der Waals surface area contributed by atoms with Gasteiger partial charge in [-0.25, -0.2) is 5.43 Å². The van der Waals surface area contributed by atoms with Gasteiger partial charge >= 0.3 is 0 Å². The Morgan fingerprint density at radius 2 is 1.67 bits per heavy atom. The van der Waals surface area contributed by atoms with Crippen molar-refractivity contribution in [3.63, 3.8) is 0 Å². The molecule has 0 atom stereocenters. The molecule has 21 heavy (non-hydrogen) atoms. The molecule has 2 rings (SSSR count). The molecule has 0 saturated carbocycles. The lowest BCUT2D eigenvalue weighted by Gasteiger charge is -2.04. The molecule has 0 aliphatic heterocycles. The maximum absolute atomic E-state index is 11.9. The van der Waals surface area contributed by atoms with Crippen molar-refractivity contribution >= 4 is 11.6 Å². The molecule has 0 aromatic heterocycles. The third-order valence-corrected chi connectivity index (χ3v) is 3.27. The van der Waals surface area contributed by atoms with Gasteiger partial charge < -0.3 is 0 Å². The topological polar surface area (TPSA) is 41.5 Å². The minimum Gasteiger partial charge on any atom is -0.267 e. The zero-order chi connectivity index (χ0) is 15.1. The van der Waals surface area contributed by atoms with Crippen molar-refractivity contribution in [1.82, 2.24) is 5.43 Å². The van der Waals surface area contributed by atoms with E-state index in [1.54, 1.807) is 12.1 Å². The van der Waals surface area contributed by atoms with Crippen molar-refractivity contribution in [1.29, 1.82) is 0 Å². The Bertz CT molecular complexity index is 615.